The van der Waals surface area contributed by atoms with Gasteiger partial charge < -0.3 is 5.32 Å². The highest BCUT2D eigenvalue weighted by atomic mass is 79.9. The molecular formula is C16H19BrN4. The lowest BCUT2D eigenvalue weighted by atomic mass is 9.74. The van der Waals surface area contributed by atoms with Crippen LogP contribution in [0.25, 0.3) is 11.5 Å². The summed E-state index contributed by atoms with van der Waals surface area (Å²) in [6, 6.07) is 4.23. The van der Waals surface area contributed by atoms with E-state index in [9.17, 15) is 0 Å². The van der Waals surface area contributed by atoms with E-state index in [1.54, 1.807) is 6.20 Å². The van der Waals surface area contributed by atoms with Crippen molar-refractivity contribution in [1.82, 2.24) is 20.3 Å². The molecule has 4 nitrogen and oxygen atoms in total. The molecule has 0 bridgehead atoms. The van der Waals surface area contributed by atoms with Crippen molar-refractivity contribution in [2.24, 2.45) is 5.41 Å². The molecule has 3 rings (SSSR count). The van der Waals surface area contributed by atoms with Gasteiger partial charge in [0.15, 0.2) is 5.82 Å². The fourth-order valence-corrected chi connectivity index (χ4v) is 3.17. The number of pyridine rings is 1. The number of rotatable bonds is 2. The van der Waals surface area contributed by atoms with Crippen molar-refractivity contribution < 1.29 is 0 Å². The number of hydrogen-bond donors (Lipinski definition) is 1. The van der Waals surface area contributed by atoms with E-state index in [1.165, 1.54) is 5.56 Å². The molecule has 0 amide bonds. The zero-order valence-electron chi connectivity index (χ0n) is 12.5. The molecular weight excluding hydrogens is 328 g/mol. The quantitative estimate of drug-likeness (QED) is 0.903. The number of nitrogens with zero attached hydrogens (tertiary/aromatic N) is 3. The number of hydrogen-bond acceptors (Lipinski definition) is 4. The Morgan fingerprint density at radius 3 is 2.71 bits per heavy atom. The molecule has 0 spiro atoms. The second kappa shape index (κ2) is 5.46. The number of aromatic nitrogens is 3. The van der Waals surface area contributed by atoms with Gasteiger partial charge in [-0.15, -0.1) is 0 Å². The van der Waals surface area contributed by atoms with Crippen molar-refractivity contribution in [2.75, 3.05) is 7.05 Å². The summed E-state index contributed by atoms with van der Waals surface area (Å²) in [5, 5.41) is 3.38. The fourth-order valence-electron chi connectivity index (χ4n) is 2.94. The third-order valence-electron chi connectivity index (χ3n) is 3.98. The molecule has 5 heteroatoms. The van der Waals surface area contributed by atoms with E-state index in [0.29, 0.717) is 11.9 Å². The Morgan fingerprint density at radius 1 is 1.24 bits per heavy atom. The molecule has 21 heavy (non-hydrogen) atoms. The Labute approximate surface area is 133 Å². The van der Waals surface area contributed by atoms with Crippen LogP contribution in [-0.4, -0.2) is 22.0 Å². The molecule has 0 saturated heterocycles. The van der Waals surface area contributed by atoms with Crippen LogP contribution in [0.15, 0.2) is 29.0 Å². The van der Waals surface area contributed by atoms with Crippen LogP contribution in [0.2, 0.25) is 0 Å². The minimum atomic E-state index is 0.249. The summed E-state index contributed by atoms with van der Waals surface area (Å²) < 4.78 is 0.959. The predicted octanol–water partition coefficient (Wildman–Crippen LogP) is 3.53. The third kappa shape index (κ3) is 2.99. The number of nitrogens with one attached hydrogen (secondary N) is 1. The Kier molecular flexibility index (Phi) is 3.80. The summed E-state index contributed by atoms with van der Waals surface area (Å²) in [6.07, 6.45) is 5.82. The number of fused-ring (bicyclic) bond motifs is 1. The molecule has 2 aromatic rings. The van der Waals surface area contributed by atoms with Gasteiger partial charge in [-0.05, 0) is 53.4 Å². The summed E-state index contributed by atoms with van der Waals surface area (Å²) in [4.78, 5) is 13.7. The monoisotopic (exact) mass is 346 g/mol. The Hall–Kier alpha value is -1.33. The predicted molar refractivity (Wildman–Crippen MR) is 86.9 cm³/mol. The molecule has 1 atom stereocenters. The van der Waals surface area contributed by atoms with E-state index in [2.05, 4.69) is 45.1 Å². The summed E-state index contributed by atoms with van der Waals surface area (Å²) in [7, 11) is 2.00. The summed E-state index contributed by atoms with van der Waals surface area (Å²) in [5.41, 5.74) is 3.42. The second-order valence-corrected chi connectivity index (χ2v) is 7.26. The lowest BCUT2D eigenvalue weighted by Gasteiger charge is -2.36. The van der Waals surface area contributed by atoms with Crippen molar-refractivity contribution in [2.45, 2.75) is 32.7 Å². The van der Waals surface area contributed by atoms with Gasteiger partial charge in [-0.2, -0.15) is 0 Å². The van der Waals surface area contributed by atoms with Crippen LogP contribution in [0, 0.1) is 5.41 Å². The average Bonchev–Trinajstić information content (AvgIpc) is 2.45. The maximum atomic E-state index is 4.78. The molecule has 110 valence electrons. The van der Waals surface area contributed by atoms with Crippen LogP contribution < -0.4 is 5.32 Å². The molecule has 0 radical (unpaired) electrons. The van der Waals surface area contributed by atoms with Crippen molar-refractivity contribution in [3.63, 3.8) is 0 Å². The molecule has 1 N–H and O–H groups in total. The van der Waals surface area contributed by atoms with Gasteiger partial charge in [-0.3, -0.25) is 4.98 Å². The van der Waals surface area contributed by atoms with Crippen LogP contribution in [0.3, 0.4) is 0 Å². The maximum Gasteiger partial charge on any atom is 0.178 e. The smallest absolute Gasteiger partial charge is 0.178 e. The summed E-state index contributed by atoms with van der Waals surface area (Å²) >= 11 is 3.40. The van der Waals surface area contributed by atoms with Gasteiger partial charge in [0.25, 0.3) is 0 Å². The molecule has 0 aliphatic heterocycles. The first-order chi connectivity index (χ1) is 9.98. The Balaban J connectivity index is 2.02. The molecule has 1 aliphatic rings. The normalized spacial score (nSPS) is 20.1. The van der Waals surface area contributed by atoms with E-state index in [4.69, 9.17) is 4.98 Å². The van der Waals surface area contributed by atoms with Gasteiger partial charge in [0.05, 0.1) is 0 Å². The standard InChI is InChI=1S/C16H19BrN4/c1-16(2)6-13(18-3)11-9-20-15(21-14(11)7-16)12-5-4-10(17)8-19-12/h4-5,8-9,13,18H,6-7H2,1-3H3. The average molecular weight is 347 g/mol. The van der Waals surface area contributed by atoms with E-state index in [-0.39, 0.29) is 5.41 Å². The first-order valence-corrected chi connectivity index (χ1v) is 7.93. The second-order valence-electron chi connectivity index (χ2n) is 6.34. The van der Waals surface area contributed by atoms with Gasteiger partial charge in [0, 0.05) is 34.2 Å². The van der Waals surface area contributed by atoms with Crippen molar-refractivity contribution in [3.8, 4) is 11.5 Å². The van der Waals surface area contributed by atoms with Crippen LogP contribution in [-0.2, 0) is 6.42 Å². The lowest BCUT2D eigenvalue weighted by Crippen LogP contribution is -2.32. The SMILES string of the molecule is CNC1CC(C)(C)Cc2nc(-c3ccc(Br)cn3)ncc21. The van der Waals surface area contributed by atoms with Crippen LogP contribution in [0.4, 0.5) is 0 Å². The molecule has 0 fully saturated rings. The van der Waals surface area contributed by atoms with Gasteiger partial charge in [0.2, 0.25) is 0 Å². The first-order valence-electron chi connectivity index (χ1n) is 7.13. The van der Waals surface area contributed by atoms with Gasteiger partial charge in [0.1, 0.15) is 5.69 Å². The van der Waals surface area contributed by atoms with Crippen molar-refractivity contribution >= 4 is 15.9 Å². The molecule has 1 aliphatic carbocycles. The highest BCUT2D eigenvalue weighted by molar-refractivity contribution is 9.10. The van der Waals surface area contributed by atoms with E-state index in [0.717, 1.165) is 28.7 Å². The van der Waals surface area contributed by atoms with Gasteiger partial charge in [-0.1, -0.05) is 13.8 Å². The fraction of sp³-hybridized carbons (Fsp3) is 0.438. The van der Waals surface area contributed by atoms with Gasteiger partial charge in [-0.25, -0.2) is 9.97 Å². The summed E-state index contributed by atoms with van der Waals surface area (Å²) in [6.45, 7) is 4.58. The zero-order valence-corrected chi connectivity index (χ0v) is 14.1. The zero-order chi connectivity index (χ0) is 15.0. The molecule has 0 aromatic carbocycles. The Bertz CT molecular complexity index is 652. The minimum Gasteiger partial charge on any atom is -0.313 e. The van der Waals surface area contributed by atoms with E-state index < -0.39 is 0 Å². The van der Waals surface area contributed by atoms with Crippen LogP contribution >= 0.6 is 15.9 Å². The van der Waals surface area contributed by atoms with Crippen molar-refractivity contribution in [1.29, 1.82) is 0 Å². The van der Waals surface area contributed by atoms with E-state index >= 15 is 0 Å². The minimum absolute atomic E-state index is 0.249. The first kappa shape index (κ1) is 14.6. The molecule has 2 aromatic heterocycles. The highest BCUT2D eigenvalue weighted by Gasteiger charge is 2.32. The van der Waals surface area contributed by atoms with E-state index in [1.807, 2.05) is 25.4 Å². The lowest BCUT2D eigenvalue weighted by molar-refractivity contribution is 0.260. The van der Waals surface area contributed by atoms with Crippen LogP contribution in [0.5, 0.6) is 0 Å². The van der Waals surface area contributed by atoms with Crippen LogP contribution in [0.1, 0.15) is 37.6 Å². The maximum absolute atomic E-state index is 4.78. The molecule has 2 heterocycles. The topological polar surface area (TPSA) is 50.7 Å². The van der Waals surface area contributed by atoms with Gasteiger partial charge >= 0.3 is 0 Å². The third-order valence-corrected chi connectivity index (χ3v) is 4.45. The van der Waals surface area contributed by atoms with Crippen molar-refractivity contribution in [3.05, 3.63) is 40.3 Å². The molecule has 1 unspecified atom stereocenters. The number of halogens is 1. The summed E-state index contributed by atoms with van der Waals surface area (Å²) in [5.74, 6) is 0.703. The molecule has 0 saturated carbocycles. The highest BCUT2D eigenvalue weighted by Crippen LogP contribution is 2.39. The largest absolute Gasteiger partial charge is 0.313 e. The Morgan fingerprint density at radius 2 is 2.05 bits per heavy atom.